The topological polar surface area (TPSA) is 94.6 Å². The molecule has 0 amide bonds. The molecular weight excluding hydrogens is 376 g/mol. The van der Waals surface area contributed by atoms with Crippen LogP contribution in [0.3, 0.4) is 0 Å². The highest BCUT2D eigenvalue weighted by atomic mass is 16.7. The van der Waals surface area contributed by atoms with Crippen molar-refractivity contribution >= 4 is 22.7 Å². The lowest BCUT2D eigenvalue weighted by atomic mass is 10.0. The number of hydrogen-bond acceptors (Lipinski definition) is 6. The molecule has 0 atom stereocenters. The van der Waals surface area contributed by atoms with E-state index in [1.54, 1.807) is 0 Å². The first-order chi connectivity index (χ1) is 14.7. The monoisotopic (exact) mass is 398 g/mol. The maximum atomic E-state index is 5.87. The van der Waals surface area contributed by atoms with Gasteiger partial charge >= 0.3 is 0 Å². The number of nitrogens with one attached hydrogen (secondary N) is 2. The largest absolute Gasteiger partial charge is 0.399 e. The van der Waals surface area contributed by atoms with Crippen LogP contribution in [0.5, 0.6) is 11.5 Å². The third-order valence-corrected chi connectivity index (χ3v) is 4.44. The van der Waals surface area contributed by atoms with Gasteiger partial charge in [-0.1, -0.05) is 36.4 Å². The average molecular weight is 398 g/mol. The Kier molecular flexibility index (Phi) is 5.57. The number of para-hydroxylation sites is 2. The van der Waals surface area contributed by atoms with Gasteiger partial charge < -0.3 is 21.1 Å². The van der Waals surface area contributed by atoms with Crippen LogP contribution in [0, 0.1) is 0 Å². The minimum Gasteiger partial charge on any atom is -0.399 e. The van der Waals surface area contributed by atoms with E-state index in [1.807, 2.05) is 97.1 Å². The summed E-state index contributed by atoms with van der Waals surface area (Å²) >= 11 is 0. The molecule has 0 aliphatic rings. The second-order valence-corrected chi connectivity index (χ2v) is 6.64. The van der Waals surface area contributed by atoms with Crippen LogP contribution in [0.25, 0.3) is 11.1 Å². The lowest BCUT2D eigenvalue weighted by molar-refractivity contribution is 0.401. The molecule has 0 radical (unpaired) electrons. The third kappa shape index (κ3) is 4.56. The van der Waals surface area contributed by atoms with Crippen molar-refractivity contribution in [2.75, 3.05) is 22.4 Å². The molecule has 0 saturated carbocycles. The number of nitrogens with two attached hydrogens (primary N) is 2. The van der Waals surface area contributed by atoms with Gasteiger partial charge in [0.05, 0.1) is 11.4 Å². The van der Waals surface area contributed by atoms with Gasteiger partial charge in [0.2, 0.25) is 0 Å². The fraction of sp³-hybridized carbons (Fsp3) is 0. The third-order valence-electron chi connectivity index (χ3n) is 4.44. The second kappa shape index (κ2) is 8.79. The van der Waals surface area contributed by atoms with Crippen LogP contribution in [0.2, 0.25) is 0 Å². The summed E-state index contributed by atoms with van der Waals surface area (Å²) in [5.41, 5.74) is 22.1. The van der Waals surface area contributed by atoms with Crippen LogP contribution in [0.1, 0.15) is 0 Å². The van der Waals surface area contributed by atoms with Gasteiger partial charge in [0, 0.05) is 22.5 Å². The molecule has 4 aromatic carbocycles. The summed E-state index contributed by atoms with van der Waals surface area (Å²) in [7, 11) is 0. The lowest BCUT2D eigenvalue weighted by Crippen LogP contribution is -2.07. The summed E-state index contributed by atoms with van der Waals surface area (Å²) in [5, 5.41) is 0. The van der Waals surface area contributed by atoms with Crippen LogP contribution < -0.4 is 32.1 Å². The van der Waals surface area contributed by atoms with Crippen molar-refractivity contribution < 1.29 is 9.68 Å². The molecule has 0 aromatic heterocycles. The normalized spacial score (nSPS) is 10.3. The molecule has 150 valence electrons. The zero-order valence-electron chi connectivity index (χ0n) is 16.2. The number of nitrogen functional groups attached to an aromatic ring is 2. The predicted octanol–water partition coefficient (Wildman–Crippen LogP) is 5.33. The standard InChI is InChI=1S/C24H22N4O2/c25-17-9-13-19(14-10-17)27-29-23-7-3-1-5-21(23)22-6-2-4-8-24(22)30-28-20-15-11-18(26)12-16-20/h1-16,27-28H,25-26H2. The first kappa shape index (κ1) is 19.0. The molecule has 6 nitrogen and oxygen atoms in total. The first-order valence-electron chi connectivity index (χ1n) is 9.44. The summed E-state index contributed by atoms with van der Waals surface area (Å²) in [5.74, 6) is 1.33. The Morgan fingerprint density at radius 2 is 0.833 bits per heavy atom. The predicted molar refractivity (Wildman–Crippen MR) is 122 cm³/mol. The number of hydrogen-bond donors (Lipinski definition) is 4. The molecule has 6 heteroatoms. The quantitative estimate of drug-likeness (QED) is 0.248. The fourth-order valence-electron chi connectivity index (χ4n) is 2.89. The van der Waals surface area contributed by atoms with E-state index >= 15 is 0 Å². The molecule has 0 spiro atoms. The van der Waals surface area contributed by atoms with Gasteiger partial charge in [-0.05, 0) is 60.7 Å². The molecule has 0 aliphatic carbocycles. The molecule has 30 heavy (non-hydrogen) atoms. The van der Waals surface area contributed by atoms with Crippen molar-refractivity contribution in [3.05, 3.63) is 97.1 Å². The van der Waals surface area contributed by atoms with E-state index in [4.69, 9.17) is 21.1 Å². The molecule has 0 fully saturated rings. The minimum absolute atomic E-state index is 0.665. The molecule has 0 saturated heterocycles. The molecular formula is C24H22N4O2. The van der Waals surface area contributed by atoms with Crippen LogP contribution in [0.4, 0.5) is 22.7 Å². The molecule has 0 heterocycles. The van der Waals surface area contributed by atoms with Crippen molar-refractivity contribution in [3.63, 3.8) is 0 Å². The van der Waals surface area contributed by atoms with Crippen molar-refractivity contribution in [1.29, 1.82) is 0 Å². The van der Waals surface area contributed by atoms with Gasteiger partial charge in [-0.25, -0.2) is 11.0 Å². The van der Waals surface area contributed by atoms with E-state index < -0.39 is 0 Å². The van der Waals surface area contributed by atoms with Crippen LogP contribution in [-0.4, -0.2) is 0 Å². The zero-order valence-corrected chi connectivity index (χ0v) is 16.2. The van der Waals surface area contributed by atoms with E-state index in [0.717, 1.165) is 22.5 Å². The van der Waals surface area contributed by atoms with Crippen molar-refractivity contribution in [1.82, 2.24) is 0 Å². The van der Waals surface area contributed by atoms with E-state index in [0.29, 0.717) is 22.9 Å². The molecule has 0 aliphatic heterocycles. The average Bonchev–Trinajstić information content (AvgIpc) is 2.79. The smallest absolute Gasteiger partial charge is 0.162 e. The van der Waals surface area contributed by atoms with Crippen molar-refractivity contribution in [3.8, 4) is 22.6 Å². The Balaban J connectivity index is 1.55. The maximum Gasteiger partial charge on any atom is 0.162 e. The minimum atomic E-state index is 0.665. The van der Waals surface area contributed by atoms with Crippen molar-refractivity contribution in [2.24, 2.45) is 0 Å². The Morgan fingerprint density at radius 3 is 1.23 bits per heavy atom. The highest BCUT2D eigenvalue weighted by Crippen LogP contribution is 2.36. The van der Waals surface area contributed by atoms with E-state index in [9.17, 15) is 0 Å². The molecule has 0 bridgehead atoms. The summed E-state index contributed by atoms with van der Waals surface area (Å²) in [6, 6.07) is 30.1. The van der Waals surface area contributed by atoms with Crippen LogP contribution >= 0.6 is 0 Å². The number of benzene rings is 4. The fourth-order valence-corrected chi connectivity index (χ4v) is 2.89. The van der Waals surface area contributed by atoms with Gasteiger partial charge in [-0.3, -0.25) is 0 Å². The Bertz CT molecular complexity index is 1020. The molecule has 0 unspecified atom stereocenters. The van der Waals surface area contributed by atoms with E-state index in [-0.39, 0.29) is 0 Å². The second-order valence-electron chi connectivity index (χ2n) is 6.64. The summed E-state index contributed by atoms with van der Waals surface area (Å²) in [4.78, 5) is 11.7. The molecule has 6 N–H and O–H groups in total. The maximum absolute atomic E-state index is 5.87. The Hall–Kier alpha value is -4.32. The highest BCUT2D eigenvalue weighted by molar-refractivity contribution is 5.76. The first-order valence-corrected chi connectivity index (χ1v) is 9.44. The number of anilines is 4. The van der Waals surface area contributed by atoms with Crippen LogP contribution in [-0.2, 0) is 0 Å². The van der Waals surface area contributed by atoms with E-state index in [2.05, 4.69) is 11.0 Å². The SMILES string of the molecule is Nc1ccc(NOc2ccccc2-c2ccccc2ONc2ccc(N)cc2)cc1. The van der Waals surface area contributed by atoms with Gasteiger partial charge in [0.15, 0.2) is 11.5 Å². The van der Waals surface area contributed by atoms with Gasteiger partial charge in [0.25, 0.3) is 0 Å². The number of rotatable bonds is 7. The summed E-state index contributed by atoms with van der Waals surface area (Å²) < 4.78 is 0. The van der Waals surface area contributed by atoms with Crippen molar-refractivity contribution in [2.45, 2.75) is 0 Å². The Morgan fingerprint density at radius 1 is 0.467 bits per heavy atom. The summed E-state index contributed by atoms with van der Waals surface area (Å²) in [6.45, 7) is 0. The zero-order chi connectivity index (χ0) is 20.8. The Labute approximate surface area is 175 Å². The van der Waals surface area contributed by atoms with Crippen LogP contribution in [0.15, 0.2) is 97.1 Å². The molecule has 4 aromatic rings. The highest BCUT2D eigenvalue weighted by Gasteiger charge is 2.12. The lowest BCUT2D eigenvalue weighted by Gasteiger charge is -2.16. The molecule has 4 rings (SSSR count). The van der Waals surface area contributed by atoms with Gasteiger partial charge in [-0.15, -0.1) is 0 Å². The summed E-state index contributed by atoms with van der Waals surface area (Å²) in [6.07, 6.45) is 0. The van der Waals surface area contributed by atoms with Gasteiger partial charge in [0.1, 0.15) is 0 Å². The van der Waals surface area contributed by atoms with Gasteiger partial charge in [-0.2, -0.15) is 0 Å². The van der Waals surface area contributed by atoms with E-state index in [1.165, 1.54) is 0 Å².